The van der Waals surface area contributed by atoms with Crippen molar-refractivity contribution in [3.8, 4) is 0 Å². The zero-order valence-corrected chi connectivity index (χ0v) is 14.6. The number of hydrogen-bond acceptors (Lipinski definition) is 2. The molecule has 4 nitrogen and oxygen atoms in total. The number of anilines is 2. The van der Waals surface area contributed by atoms with Gasteiger partial charge in [0.05, 0.1) is 11.1 Å². The molecule has 0 heterocycles. The first-order chi connectivity index (χ1) is 11.4. The molecule has 3 rings (SSSR count). The molecule has 2 aromatic rings. The zero-order chi connectivity index (χ0) is 17.3. The summed E-state index contributed by atoms with van der Waals surface area (Å²) in [5.74, 6) is -1.03. The fraction of sp³-hybridized carbons (Fsp3) is 0.222. The van der Waals surface area contributed by atoms with E-state index < -0.39 is 11.2 Å². The molecule has 6 heteroatoms. The molecule has 0 bridgehead atoms. The molecule has 1 saturated carbocycles. The normalized spacial score (nSPS) is 14.8. The van der Waals surface area contributed by atoms with Crippen LogP contribution < -0.4 is 10.6 Å². The SMILES string of the molecule is CC(=O)Nc1ccc(F)c(NC(=O)C2(c3cccc(Br)c3)CC2)c1. The summed E-state index contributed by atoms with van der Waals surface area (Å²) >= 11 is 3.41. The fourth-order valence-corrected chi connectivity index (χ4v) is 3.10. The monoisotopic (exact) mass is 390 g/mol. The van der Waals surface area contributed by atoms with Crippen LogP contribution in [0.15, 0.2) is 46.9 Å². The Hall–Kier alpha value is -2.21. The number of benzene rings is 2. The second-order valence-corrected chi connectivity index (χ2v) is 6.84. The molecule has 1 fully saturated rings. The lowest BCUT2D eigenvalue weighted by Crippen LogP contribution is -2.28. The molecule has 124 valence electrons. The Labute approximate surface area is 147 Å². The van der Waals surface area contributed by atoms with Crippen molar-refractivity contribution in [2.45, 2.75) is 25.2 Å². The zero-order valence-electron chi connectivity index (χ0n) is 13.0. The van der Waals surface area contributed by atoms with Crippen molar-refractivity contribution < 1.29 is 14.0 Å². The minimum Gasteiger partial charge on any atom is -0.326 e. The third-order valence-electron chi connectivity index (χ3n) is 4.10. The number of halogens is 2. The Bertz CT molecular complexity index is 818. The number of hydrogen-bond donors (Lipinski definition) is 2. The number of amides is 2. The van der Waals surface area contributed by atoms with Crippen LogP contribution in [0, 0.1) is 5.82 Å². The average molecular weight is 391 g/mol. The van der Waals surface area contributed by atoms with E-state index in [4.69, 9.17) is 0 Å². The van der Waals surface area contributed by atoms with Crippen molar-refractivity contribution in [1.82, 2.24) is 0 Å². The number of carbonyl (C=O) groups excluding carboxylic acids is 2. The minimum absolute atomic E-state index is 0.0625. The average Bonchev–Trinajstić information content (AvgIpc) is 3.32. The Morgan fingerprint density at radius 3 is 2.50 bits per heavy atom. The molecule has 1 aliphatic rings. The van der Waals surface area contributed by atoms with Gasteiger partial charge in [-0.1, -0.05) is 28.1 Å². The van der Waals surface area contributed by atoms with Crippen molar-refractivity contribution in [2.75, 3.05) is 10.6 Å². The number of rotatable bonds is 4. The van der Waals surface area contributed by atoms with Crippen LogP contribution in [0.1, 0.15) is 25.3 Å². The van der Waals surface area contributed by atoms with Gasteiger partial charge in [0.15, 0.2) is 0 Å². The maximum atomic E-state index is 14.0. The van der Waals surface area contributed by atoms with E-state index in [0.29, 0.717) is 5.69 Å². The highest BCUT2D eigenvalue weighted by molar-refractivity contribution is 9.10. The van der Waals surface area contributed by atoms with Gasteiger partial charge in [0, 0.05) is 17.1 Å². The molecule has 2 aromatic carbocycles. The van der Waals surface area contributed by atoms with E-state index in [2.05, 4.69) is 26.6 Å². The summed E-state index contributed by atoms with van der Waals surface area (Å²) in [6, 6.07) is 11.7. The van der Waals surface area contributed by atoms with E-state index in [0.717, 1.165) is 22.9 Å². The maximum Gasteiger partial charge on any atom is 0.235 e. The highest BCUT2D eigenvalue weighted by Gasteiger charge is 2.51. The Balaban J connectivity index is 1.83. The second kappa shape index (κ2) is 6.36. The lowest BCUT2D eigenvalue weighted by atomic mass is 9.95. The smallest absolute Gasteiger partial charge is 0.235 e. The van der Waals surface area contributed by atoms with E-state index >= 15 is 0 Å². The molecule has 0 atom stereocenters. The van der Waals surface area contributed by atoms with Crippen LogP contribution in [-0.2, 0) is 15.0 Å². The van der Waals surface area contributed by atoms with Crippen LogP contribution in [-0.4, -0.2) is 11.8 Å². The van der Waals surface area contributed by atoms with Crippen molar-refractivity contribution >= 4 is 39.1 Å². The summed E-state index contributed by atoms with van der Waals surface area (Å²) in [5.41, 5.74) is 0.798. The van der Waals surface area contributed by atoms with Crippen molar-refractivity contribution in [3.63, 3.8) is 0 Å². The van der Waals surface area contributed by atoms with Gasteiger partial charge in [-0.15, -0.1) is 0 Å². The molecule has 0 aromatic heterocycles. The van der Waals surface area contributed by atoms with E-state index in [9.17, 15) is 14.0 Å². The van der Waals surface area contributed by atoms with Gasteiger partial charge in [-0.25, -0.2) is 4.39 Å². The van der Waals surface area contributed by atoms with Gasteiger partial charge in [-0.3, -0.25) is 9.59 Å². The molecule has 0 aliphatic heterocycles. The van der Waals surface area contributed by atoms with E-state index in [1.54, 1.807) is 0 Å². The van der Waals surface area contributed by atoms with Crippen LogP contribution >= 0.6 is 15.9 Å². The minimum atomic E-state index is -0.611. The van der Waals surface area contributed by atoms with E-state index in [1.165, 1.54) is 25.1 Å². The molecule has 2 N–H and O–H groups in total. The maximum absolute atomic E-state index is 14.0. The van der Waals surface area contributed by atoms with Gasteiger partial charge in [0.2, 0.25) is 11.8 Å². The van der Waals surface area contributed by atoms with Gasteiger partial charge in [0.25, 0.3) is 0 Å². The van der Waals surface area contributed by atoms with Gasteiger partial charge in [-0.2, -0.15) is 0 Å². The largest absolute Gasteiger partial charge is 0.326 e. The second-order valence-electron chi connectivity index (χ2n) is 5.92. The van der Waals surface area contributed by atoms with Gasteiger partial charge < -0.3 is 10.6 Å². The van der Waals surface area contributed by atoms with Crippen LogP contribution in [0.2, 0.25) is 0 Å². The molecule has 0 radical (unpaired) electrons. The molecular formula is C18H16BrFN2O2. The summed E-state index contributed by atoms with van der Waals surface area (Å²) in [6.07, 6.45) is 1.45. The number of nitrogens with one attached hydrogen (secondary N) is 2. The standard InChI is InChI=1S/C18H16BrFN2O2/c1-11(23)21-14-5-6-15(20)16(10-14)22-17(24)18(7-8-18)12-3-2-4-13(19)9-12/h2-6,9-10H,7-8H2,1H3,(H,21,23)(H,22,24). The van der Waals surface area contributed by atoms with Gasteiger partial charge in [-0.05, 0) is 48.7 Å². The Morgan fingerprint density at radius 1 is 1.12 bits per heavy atom. The van der Waals surface area contributed by atoms with Crippen LogP contribution in [0.3, 0.4) is 0 Å². The summed E-state index contributed by atoms with van der Waals surface area (Å²) in [5, 5.41) is 5.24. The summed E-state index contributed by atoms with van der Waals surface area (Å²) in [6.45, 7) is 1.37. The molecular weight excluding hydrogens is 375 g/mol. The molecule has 24 heavy (non-hydrogen) atoms. The molecule has 0 unspecified atom stereocenters. The van der Waals surface area contributed by atoms with E-state index in [1.807, 2.05) is 24.3 Å². The van der Waals surface area contributed by atoms with Crippen molar-refractivity contribution in [1.29, 1.82) is 0 Å². The lowest BCUT2D eigenvalue weighted by Gasteiger charge is -2.17. The third-order valence-corrected chi connectivity index (χ3v) is 4.59. The molecule has 0 saturated heterocycles. The van der Waals surface area contributed by atoms with Gasteiger partial charge >= 0.3 is 0 Å². The first-order valence-corrected chi connectivity index (χ1v) is 8.35. The third kappa shape index (κ3) is 3.33. The summed E-state index contributed by atoms with van der Waals surface area (Å²) in [7, 11) is 0. The van der Waals surface area contributed by atoms with Crippen LogP contribution in [0.4, 0.5) is 15.8 Å². The summed E-state index contributed by atoms with van der Waals surface area (Å²) < 4.78 is 14.9. The fourth-order valence-electron chi connectivity index (χ4n) is 2.70. The predicted molar refractivity (Wildman–Crippen MR) is 94.4 cm³/mol. The predicted octanol–water partition coefficient (Wildman–Crippen LogP) is 4.22. The first kappa shape index (κ1) is 16.6. The highest BCUT2D eigenvalue weighted by Crippen LogP contribution is 2.49. The molecule has 1 aliphatic carbocycles. The van der Waals surface area contributed by atoms with Crippen molar-refractivity contribution in [3.05, 3.63) is 58.3 Å². The molecule has 2 amide bonds. The lowest BCUT2D eigenvalue weighted by molar-refractivity contribution is -0.118. The highest BCUT2D eigenvalue weighted by atomic mass is 79.9. The first-order valence-electron chi connectivity index (χ1n) is 7.55. The van der Waals surface area contributed by atoms with Crippen LogP contribution in [0.5, 0.6) is 0 Å². The topological polar surface area (TPSA) is 58.2 Å². The van der Waals surface area contributed by atoms with Crippen LogP contribution in [0.25, 0.3) is 0 Å². The summed E-state index contributed by atoms with van der Waals surface area (Å²) in [4.78, 5) is 23.8. The Kier molecular flexibility index (Phi) is 4.41. The molecule has 0 spiro atoms. The Morgan fingerprint density at radius 2 is 1.88 bits per heavy atom. The quantitative estimate of drug-likeness (QED) is 0.820. The van der Waals surface area contributed by atoms with Crippen molar-refractivity contribution in [2.24, 2.45) is 0 Å². The van der Waals surface area contributed by atoms with E-state index in [-0.39, 0.29) is 17.5 Å². The number of carbonyl (C=O) groups is 2. The van der Waals surface area contributed by atoms with Gasteiger partial charge in [0.1, 0.15) is 5.82 Å².